The number of nitrogens with two attached hydrogens (primary N) is 2. The molecule has 0 atom stereocenters. The number of carbonyl (C=O) groups excluding carboxylic acids is 1. The molecule has 16 heavy (non-hydrogen) atoms. The molecule has 92 valence electrons. The molecule has 0 fully saturated rings. The van der Waals surface area contributed by atoms with Crippen LogP contribution in [-0.4, -0.2) is 17.5 Å². The number of carbonyl (C=O) groups is 1. The number of rotatable bonds is 6. The molecule has 1 amide bonds. The third-order valence-electron chi connectivity index (χ3n) is 2.09. The summed E-state index contributed by atoms with van der Waals surface area (Å²) in [5.74, 6) is 10.9. The van der Waals surface area contributed by atoms with Gasteiger partial charge in [-0.1, -0.05) is 20.4 Å². The van der Waals surface area contributed by atoms with Crippen molar-refractivity contribution in [1.29, 1.82) is 0 Å². The van der Waals surface area contributed by atoms with Gasteiger partial charge in [0.2, 0.25) is 0 Å². The van der Waals surface area contributed by atoms with E-state index in [2.05, 4.69) is 20.4 Å². The number of amides is 1. The molecule has 0 aliphatic heterocycles. The minimum absolute atomic E-state index is 0.307. The molecule has 0 aromatic carbocycles. The molecule has 5 nitrogen and oxygen atoms in total. The summed E-state index contributed by atoms with van der Waals surface area (Å²) >= 11 is 0. The predicted octanol–water partition coefficient (Wildman–Crippen LogP) is 0.658. The minimum Gasteiger partial charge on any atom is -0.315 e. The Balaban J connectivity index is 4.80. The van der Waals surface area contributed by atoms with Crippen LogP contribution in [-0.2, 0) is 4.79 Å². The molecule has 0 saturated heterocycles. The number of hydrazine groups is 2. The Morgan fingerprint density at radius 2 is 2.12 bits per heavy atom. The predicted molar refractivity (Wildman–Crippen MR) is 65.6 cm³/mol. The number of nitrogens with one attached hydrogen (secondary N) is 1. The average molecular weight is 226 g/mol. The Morgan fingerprint density at radius 1 is 1.56 bits per heavy atom. The van der Waals surface area contributed by atoms with Crippen molar-refractivity contribution in [3.8, 4) is 0 Å². The zero-order chi connectivity index (χ0) is 12.7. The SMILES string of the molecule is C=C(/C=C(/CC(C)C)N(N)CC)C(=O)NN. The number of allylic oxidation sites excluding steroid dienone is 1. The zero-order valence-corrected chi connectivity index (χ0v) is 10.3. The molecular weight excluding hydrogens is 204 g/mol. The summed E-state index contributed by atoms with van der Waals surface area (Å²) in [5.41, 5.74) is 3.23. The van der Waals surface area contributed by atoms with Crippen LogP contribution in [0, 0.1) is 5.92 Å². The zero-order valence-electron chi connectivity index (χ0n) is 10.3. The van der Waals surface area contributed by atoms with Crippen LogP contribution >= 0.6 is 0 Å². The summed E-state index contributed by atoms with van der Waals surface area (Å²) in [7, 11) is 0. The maximum absolute atomic E-state index is 11.2. The standard InChI is InChI=1S/C11H22N4O/c1-5-15(13)10(6-8(2)3)7-9(4)11(16)14-12/h7-8H,4-6,12-13H2,1-3H3,(H,14,16)/b10-7-. The van der Waals surface area contributed by atoms with Crippen LogP contribution in [0.2, 0.25) is 0 Å². The van der Waals surface area contributed by atoms with Gasteiger partial charge in [-0.3, -0.25) is 10.2 Å². The first-order chi connectivity index (χ1) is 7.42. The molecule has 0 saturated carbocycles. The molecule has 0 aliphatic rings. The second-order valence-electron chi connectivity index (χ2n) is 4.02. The minimum atomic E-state index is -0.397. The van der Waals surface area contributed by atoms with Crippen molar-refractivity contribution in [1.82, 2.24) is 10.4 Å². The topological polar surface area (TPSA) is 84.4 Å². The van der Waals surface area contributed by atoms with E-state index in [4.69, 9.17) is 11.7 Å². The maximum Gasteiger partial charge on any atom is 0.264 e. The summed E-state index contributed by atoms with van der Waals surface area (Å²) in [4.78, 5) is 11.2. The highest BCUT2D eigenvalue weighted by molar-refractivity contribution is 5.95. The summed E-state index contributed by atoms with van der Waals surface area (Å²) in [6.45, 7) is 10.4. The maximum atomic E-state index is 11.2. The molecule has 0 rings (SSSR count). The average Bonchev–Trinajstić information content (AvgIpc) is 2.25. The first-order valence-electron chi connectivity index (χ1n) is 5.35. The van der Waals surface area contributed by atoms with E-state index < -0.39 is 5.91 Å². The molecule has 0 unspecified atom stereocenters. The lowest BCUT2D eigenvalue weighted by atomic mass is 10.1. The van der Waals surface area contributed by atoms with Crippen LogP contribution in [0.3, 0.4) is 0 Å². The second kappa shape index (κ2) is 7.03. The lowest BCUT2D eigenvalue weighted by Crippen LogP contribution is -2.33. The van der Waals surface area contributed by atoms with E-state index in [1.165, 1.54) is 0 Å². The van der Waals surface area contributed by atoms with Gasteiger partial charge in [-0.25, -0.2) is 11.7 Å². The van der Waals surface area contributed by atoms with Gasteiger partial charge in [0, 0.05) is 17.8 Å². The number of hydrogen-bond donors (Lipinski definition) is 3. The van der Waals surface area contributed by atoms with E-state index in [0.717, 1.165) is 12.1 Å². The van der Waals surface area contributed by atoms with Gasteiger partial charge in [0.15, 0.2) is 0 Å². The fourth-order valence-corrected chi connectivity index (χ4v) is 1.24. The van der Waals surface area contributed by atoms with Gasteiger partial charge in [0.05, 0.1) is 0 Å². The molecule has 0 heterocycles. The Labute approximate surface area is 97.1 Å². The van der Waals surface area contributed by atoms with Crippen molar-refractivity contribution in [2.75, 3.05) is 6.54 Å². The Kier molecular flexibility index (Phi) is 6.44. The third-order valence-corrected chi connectivity index (χ3v) is 2.09. The van der Waals surface area contributed by atoms with Crippen LogP contribution in [0.25, 0.3) is 0 Å². The van der Waals surface area contributed by atoms with Gasteiger partial charge in [0.1, 0.15) is 0 Å². The molecule has 5 heteroatoms. The monoisotopic (exact) mass is 226 g/mol. The van der Waals surface area contributed by atoms with Gasteiger partial charge in [-0.05, 0) is 25.3 Å². The largest absolute Gasteiger partial charge is 0.315 e. The molecule has 5 N–H and O–H groups in total. The third kappa shape index (κ3) is 4.95. The summed E-state index contributed by atoms with van der Waals surface area (Å²) in [6, 6.07) is 0. The fraction of sp³-hybridized carbons (Fsp3) is 0.545. The Hall–Kier alpha value is -1.33. The highest BCUT2D eigenvalue weighted by Gasteiger charge is 2.09. The highest BCUT2D eigenvalue weighted by Crippen LogP contribution is 2.14. The number of hydrogen-bond acceptors (Lipinski definition) is 4. The van der Waals surface area contributed by atoms with Crippen LogP contribution in [0.4, 0.5) is 0 Å². The van der Waals surface area contributed by atoms with Gasteiger partial charge >= 0.3 is 0 Å². The van der Waals surface area contributed by atoms with Crippen molar-refractivity contribution < 1.29 is 4.79 Å². The second-order valence-corrected chi connectivity index (χ2v) is 4.02. The van der Waals surface area contributed by atoms with E-state index in [1.807, 2.05) is 12.3 Å². The molecular formula is C11H22N4O. The van der Waals surface area contributed by atoms with Crippen molar-refractivity contribution in [3.63, 3.8) is 0 Å². The van der Waals surface area contributed by atoms with Crippen LogP contribution in [0.1, 0.15) is 27.2 Å². The van der Waals surface area contributed by atoms with Gasteiger partial charge in [0.25, 0.3) is 5.91 Å². The smallest absolute Gasteiger partial charge is 0.264 e. The molecule has 0 radical (unpaired) electrons. The van der Waals surface area contributed by atoms with Gasteiger partial charge in [-0.2, -0.15) is 0 Å². The molecule has 0 spiro atoms. The first-order valence-corrected chi connectivity index (χ1v) is 5.35. The van der Waals surface area contributed by atoms with Gasteiger partial charge in [-0.15, -0.1) is 0 Å². The Morgan fingerprint density at radius 3 is 2.50 bits per heavy atom. The van der Waals surface area contributed by atoms with Crippen molar-refractivity contribution in [3.05, 3.63) is 23.9 Å². The lowest BCUT2D eigenvalue weighted by molar-refractivity contribution is -0.117. The normalized spacial score (nSPS) is 11.5. The van der Waals surface area contributed by atoms with Crippen LogP contribution in [0.15, 0.2) is 23.9 Å². The quantitative estimate of drug-likeness (QED) is 0.204. The van der Waals surface area contributed by atoms with E-state index in [-0.39, 0.29) is 0 Å². The van der Waals surface area contributed by atoms with Crippen molar-refractivity contribution >= 4 is 5.91 Å². The van der Waals surface area contributed by atoms with E-state index in [9.17, 15) is 4.79 Å². The summed E-state index contributed by atoms with van der Waals surface area (Å²) < 4.78 is 0. The van der Waals surface area contributed by atoms with Crippen molar-refractivity contribution in [2.45, 2.75) is 27.2 Å². The van der Waals surface area contributed by atoms with E-state index in [1.54, 1.807) is 11.1 Å². The highest BCUT2D eigenvalue weighted by atomic mass is 16.2. The molecule has 0 aromatic rings. The lowest BCUT2D eigenvalue weighted by Gasteiger charge is -2.22. The molecule has 0 bridgehead atoms. The summed E-state index contributed by atoms with van der Waals surface area (Å²) in [6.07, 6.45) is 2.47. The number of nitrogens with zero attached hydrogens (tertiary/aromatic N) is 1. The fourth-order valence-electron chi connectivity index (χ4n) is 1.24. The van der Waals surface area contributed by atoms with Crippen LogP contribution < -0.4 is 17.1 Å². The molecule has 0 aromatic heterocycles. The van der Waals surface area contributed by atoms with Gasteiger partial charge < -0.3 is 5.01 Å². The summed E-state index contributed by atoms with van der Waals surface area (Å²) in [5, 5.41) is 1.61. The van der Waals surface area contributed by atoms with Crippen LogP contribution in [0.5, 0.6) is 0 Å². The molecule has 0 aliphatic carbocycles. The van der Waals surface area contributed by atoms with E-state index >= 15 is 0 Å². The van der Waals surface area contributed by atoms with Crippen molar-refractivity contribution in [2.24, 2.45) is 17.6 Å². The van der Waals surface area contributed by atoms with E-state index in [0.29, 0.717) is 18.0 Å². The first kappa shape index (κ1) is 14.7. The Bertz CT molecular complexity index is 284.